The zero-order chi connectivity index (χ0) is 11.7. The second-order valence-corrected chi connectivity index (χ2v) is 5.07. The highest BCUT2D eigenvalue weighted by Gasteiger charge is 2.26. The third-order valence-corrected chi connectivity index (χ3v) is 3.35. The molecule has 1 aliphatic heterocycles. The van der Waals surface area contributed by atoms with Crippen LogP contribution in [-0.4, -0.2) is 17.6 Å². The van der Waals surface area contributed by atoms with E-state index in [0.29, 0.717) is 6.04 Å². The summed E-state index contributed by atoms with van der Waals surface area (Å²) in [6, 6.07) is 4.82. The van der Waals surface area contributed by atoms with E-state index in [4.69, 9.17) is 5.73 Å². The molecule has 2 rings (SSSR count). The van der Waals surface area contributed by atoms with E-state index >= 15 is 0 Å². The molecule has 3 atom stereocenters. The van der Waals surface area contributed by atoms with Crippen LogP contribution in [-0.2, 0) is 0 Å². The second kappa shape index (κ2) is 4.42. The molecule has 1 aliphatic rings. The van der Waals surface area contributed by atoms with Gasteiger partial charge in [-0.15, -0.1) is 0 Å². The van der Waals surface area contributed by atoms with Gasteiger partial charge in [-0.3, -0.25) is 4.98 Å². The molecule has 0 bridgehead atoms. The Bertz CT molecular complexity index is 345. The number of hydrogen-bond acceptors (Lipinski definition) is 3. The van der Waals surface area contributed by atoms with Gasteiger partial charge in [-0.2, -0.15) is 0 Å². The summed E-state index contributed by atoms with van der Waals surface area (Å²) >= 11 is 0. The lowest BCUT2D eigenvalue weighted by Gasteiger charge is -2.23. The molecule has 88 valence electrons. The summed E-state index contributed by atoms with van der Waals surface area (Å²) in [5.41, 5.74) is 7.98. The molecule has 3 nitrogen and oxygen atoms in total. The summed E-state index contributed by atoms with van der Waals surface area (Å²) in [5, 5.41) is 0. The number of nitrogens with zero attached hydrogens (tertiary/aromatic N) is 2. The molecule has 1 aromatic heterocycles. The summed E-state index contributed by atoms with van der Waals surface area (Å²) in [7, 11) is 0. The Hall–Kier alpha value is -1.09. The average molecular weight is 219 g/mol. The van der Waals surface area contributed by atoms with Crippen molar-refractivity contribution in [1.82, 2.24) is 4.98 Å². The Labute approximate surface area is 97.7 Å². The molecule has 0 amide bonds. The molecule has 0 radical (unpaired) electrons. The Morgan fingerprint density at radius 1 is 1.44 bits per heavy atom. The second-order valence-electron chi connectivity index (χ2n) is 5.07. The maximum atomic E-state index is 5.79. The van der Waals surface area contributed by atoms with E-state index in [-0.39, 0.29) is 6.04 Å². The standard InChI is InChI=1S/C13H21N3/c1-9-6-10(2)16(8-9)12-4-5-13(11(3)14)15-7-12/h4-5,7,9-11H,6,8,14H2,1-3H3/t9?,10?,11-/m0/s1. The van der Waals surface area contributed by atoms with E-state index < -0.39 is 0 Å². The van der Waals surface area contributed by atoms with Crippen molar-refractivity contribution in [2.75, 3.05) is 11.4 Å². The third kappa shape index (κ3) is 2.19. The van der Waals surface area contributed by atoms with E-state index in [1.807, 2.05) is 19.2 Å². The predicted molar refractivity (Wildman–Crippen MR) is 67.4 cm³/mol. The van der Waals surface area contributed by atoms with Crippen LogP contribution in [0.1, 0.15) is 38.9 Å². The molecule has 0 aromatic carbocycles. The summed E-state index contributed by atoms with van der Waals surface area (Å²) in [4.78, 5) is 6.85. The first-order chi connectivity index (χ1) is 7.58. The molecular formula is C13H21N3. The Kier molecular flexibility index (Phi) is 3.15. The minimum absolute atomic E-state index is 0.0176. The van der Waals surface area contributed by atoms with Gasteiger partial charge in [0.2, 0.25) is 0 Å². The van der Waals surface area contributed by atoms with Gasteiger partial charge in [-0.25, -0.2) is 0 Å². The number of hydrogen-bond donors (Lipinski definition) is 1. The van der Waals surface area contributed by atoms with Crippen LogP contribution >= 0.6 is 0 Å². The minimum atomic E-state index is 0.0176. The Morgan fingerprint density at radius 2 is 2.19 bits per heavy atom. The highest BCUT2D eigenvalue weighted by Crippen LogP contribution is 2.28. The molecule has 2 unspecified atom stereocenters. The van der Waals surface area contributed by atoms with E-state index in [2.05, 4.69) is 29.8 Å². The predicted octanol–water partition coefficient (Wildman–Crippen LogP) is 2.34. The molecule has 0 aliphatic carbocycles. The monoisotopic (exact) mass is 219 g/mol. The highest BCUT2D eigenvalue weighted by molar-refractivity contribution is 5.47. The first-order valence-corrected chi connectivity index (χ1v) is 6.06. The zero-order valence-corrected chi connectivity index (χ0v) is 10.4. The van der Waals surface area contributed by atoms with Crippen molar-refractivity contribution in [3.63, 3.8) is 0 Å². The lowest BCUT2D eigenvalue weighted by Crippen LogP contribution is -2.26. The van der Waals surface area contributed by atoms with Crippen LogP contribution in [0.2, 0.25) is 0 Å². The van der Waals surface area contributed by atoms with Crippen molar-refractivity contribution >= 4 is 5.69 Å². The van der Waals surface area contributed by atoms with Crippen LogP contribution in [0.25, 0.3) is 0 Å². The smallest absolute Gasteiger partial charge is 0.0569 e. The van der Waals surface area contributed by atoms with Gasteiger partial charge < -0.3 is 10.6 Å². The van der Waals surface area contributed by atoms with Crippen molar-refractivity contribution < 1.29 is 0 Å². The molecule has 16 heavy (non-hydrogen) atoms. The molecule has 1 aromatic rings. The van der Waals surface area contributed by atoms with Crippen molar-refractivity contribution in [2.24, 2.45) is 11.7 Å². The molecular weight excluding hydrogens is 198 g/mol. The zero-order valence-electron chi connectivity index (χ0n) is 10.4. The number of rotatable bonds is 2. The van der Waals surface area contributed by atoms with Gasteiger partial charge in [0, 0.05) is 18.6 Å². The van der Waals surface area contributed by atoms with Crippen LogP contribution in [0, 0.1) is 5.92 Å². The van der Waals surface area contributed by atoms with E-state index in [1.165, 1.54) is 12.1 Å². The summed E-state index contributed by atoms with van der Waals surface area (Å²) in [6.45, 7) is 7.69. The van der Waals surface area contributed by atoms with Crippen LogP contribution in [0.4, 0.5) is 5.69 Å². The van der Waals surface area contributed by atoms with Crippen LogP contribution < -0.4 is 10.6 Å². The topological polar surface area (TPSA) is 42.1 Å². The van der Waals surface area contributed by atoms with E-state index in [0.717, 1.165) is 18.2 Å². The van der Waals surface area contributed by atoms with Gasteiger partial charge in [-0.05, 0) is 38.3 Å². The maximum absolute atomic E-state index is 5.79. The SMILES string of the molecule is CC1CC(C)N(c2ccc([C@H](C)N)nc2)C1. The molecule has 1 fully saturated rings. The molecule has 0 saturated carbocycles. The fourth-order valence-corrected chi connectivity index (χ4v) is 2.50. The number of pyridine rings is 1. The van der Waals surface area contributed by atoms with E-state index in [1.54, 1.807) is 0 Å². The quantitative estimate of drug-likeness (QED) is 0.830. The van der Waals surface area contributed by atoms with Crippen LogP contribution in [0.3, 0.4) is 0 Å². The Balaban J connectivity index is 2.15. The van der Waals surface area contributed by atoms with Crippen LogP contribution in [0.5, 0.6) is 0 Å². The third-order valence-electron chi connectivity index (χ3n) is 3.35. The van der Waals surface area contributed by atoms with Gasteiger partial charge in [0.15, 0.2) is 0 Å². The normalized spacial score (nSPS) is 27.1. The van der Waals surface area contributed by atoms with Crippen molar-refractivity contribution in [3.05, 3.63) is 24.0 Å². The van der Waals surface area contributed by atoms with E-state index in [9.17, 15) is 0 Å². The summed E-state index contributed by atoms with van der Waals surface area (Å²) in [6.07, 6.45) is 3.22. The van der Waals surface area contributed by atoms with Gasteiger partial charge in [0.05, 0.1) is 17.6 Å². The molecule has 3 heteroatoms. The average Bonchev–Trinajstić information content (AvgIpc) is 2.58. The van der Waals surface area contributed by atoms with Gasteiger partial charge in [0.25, 0.3) is 0 Å². The van der Waals surface area contributed by atoms with Crippen molar-refractivity contribution in [1.29, 1.82) is 0 Å². The fourth-order valence-electron chi connectivity index (χ4n) is 2.50. The molecule has 2 heterocycles. The first kappa shape index (κ1) is 11.4. The van der Waals surface area contributed by atoms with Gasteiger partial charge >= 0.3 is 0 Å². The fraction of sp³-hybridized carbons (Fsp3) is 0.615. The first-order valence-electron chi connectivity index (χ1n) is 6.06. The molecule has 0 spiro atoms. The summed E-state index contributed by atoms with van der Waals surface area (Å²) < 4.78 is 0. The van der Waals surface area contributed by atoms with Gasteiger partial charge in [0.1, 0.15) is 0 Å². The number of anilines is 1. The van der Waals surface area contributed by atoms with Crippen molar-refractivity contribution in [2.45, 2.75) is 39.3 Å². The Morgan fingerprint density at radius 3 is 2.62 bits per heavy atom. The highest BCUT2D eigenvalue weighted by atomic mass is 15.2. The largest absolute Gasteiger partial charge is 0.367 e. The lowest BCUT2D eigenvalue weighted by atomic mass is 10.1. The molecule has 1 saturated heterocycles. The minimum Gasteiger partial charge on any atom is -0.367 e. The summed E-state index contributed by atoms with van der Waals surface area (Å²) in [5.74, 6) is 0.781. The number of nitrogens with two attached hydrogens (primary N) is 1. The van der Waals surface area contributed by atoms with Crippen LogP contribution in [0.15, 0.2) is 18.3 Å². The lowest BCUT2D eigenvalue weighted by molar-refractivity contribution is 0.625. The van der Waals surface area contributed by atoms with Gasteiger partial charge in [-0.1, -0.05) is 6.92 Å². The van der Waals surface area contributed by atoms with Crippen molar-refractivity contribution in [3.8, 4) is 0 Å². The maximum Gasteiger partial charge on any atom is 0.0569 e. The molecule has 2 N–H and O–H groups in total. The number of aromatic nitrogens is 1.